The standard InChI is InChI=1S/C18H26N2O/c1-13-7-5-10-15(19)17(13)18(21)20-12-6-11-16(20)14-8-3-2-4-9-14/h5,7,10,14,16H,2-4,6,8-9,11-12,19H2,1H3. The van der Waals surface area contributed by atoms with Gasteiger partial charge in [-0.25, -0.2) is 0 Å². The molecule has 1 heterocycles. The number of benzene rings is 1. The maximum atomic E-state index is 13.0. The molecule has 1 aliphatic carbocycles. The van der Waals surface area contributed by atoms with Gasteiger partial charge in [0.25, 0.3) is 5.91 Å². The molecule has 114 valence electrons. The molecule has 2 aliphatic rings. The molecule has 1 atom stereocenters. The summed E-state index contributed by atoms with van der Waals surface area (Å²) >= 11 is 0. The quantitative estimate of drug-likeness (QED) is 0.841. The topological polar surface area (TPSA) is 46.3 Å². The van der Waals surface area contributed by atoms with Crippen LogP contribution >= 0.6 is 0 Å². The average Bonchev–Trinajstić information content (AvgIpc) is 2.97. The Hall–Kier alpha value is -1.51. The minimum atomic E-state index is 0.152. The number of likely N-dealkylation sites (tertiary alicyclic amines) is 1. The lowest BCUT2D eigenvalue weighted by Crippen LogP contribution is -2.41. The summed E-state index contributed by atoms with van der Waals surface area (Å²) in [6, 6.07) is 6.18. The Morgan fingerprint density at radius 1 is 1.14 bits per heavy atom. The fourth-order valence-electron chi connectivity index (χ4n) is 4.18. The zero-order chi connectivity index (χ0) is 14.8. The van der Waals surface area contributed by atoms with Crippen molar-refractivity contribution in [3.05, 3.63) is 29.3 Å². The van der Waals surface area contributed by atoms with Gasteiger partial charge in [0, 0.05) is 18.3 Å². The third-order valence-electron chi connectivity index (χ3n) is 5.27. The van der Waals surface area contributed by atoms with E-state index >= 15 is 0 Å². The fourth-order valence-corrected chi connectivity index (χ4v) is 4.18. The Morgan fingerprint density at radius 3 is 2.62 bits per heavy atom. The van der Waals surface area contributed by atoms with Crippen LogP contribution in [0.5, 0.6) is 0 Å². The molecule has 0 bridgehead atoms. The van der Waals surface area contributed by atoms with Gasteiger partial charge in [-0.1, -0.05) is 31.4 Å². The smallest absolute Gasteiger partial charge is 0.256 e. The highest BCUT2D eigenvalue weighted by Gasteiger charge is 2.36. The van der Waals surface area contributed by atoms with Crippen molar-refractivity contribution in [2.24, 2.45) is 5.92 Å². The van der Waals surface area contributed by atoms with Crippen molar-refractivity contribution in [2.75, 3.05) is 12.3 Å². The van der Waals surface area contributed by atoms with Gasteiger partial charge in [0.15, 0.2) is 0 Å². The summed E-state index contributed by atoms with van der Waals surface area (Å²) in [6.45, 7) is 2.88. The van der Waals surface area contributed by atoms with E-state index in [9.17, 15) is 4.79 Å². The highest BCUT2D eigenvalue weighted by molar-refractivity contribution is 6.00. The number of nitrogens with zero attached hydrogens (tertiary/aromatic N) is 1. The SMILES string of the molecule is Cc1cccc(N)c1C(=O)N1CCCC1C1CCCCC1. The van der Waals surface area contributed by atoms with E-state index in [1.165, 1.54) is 38.5 Å². The van der Waals surface area contributed by atoms with Gasteiger partial charge in [-0.2, -0.15) is 0 Å². The third kappa shape index (κ3) is 2.78. The molecule has 0 spiro atoms. The van der Waals surface area contributed by atoms with Gasteiger partial charge in [0.05, 0.1) is 5.56 Å². The molecular formula is C18H26N2O. The second-order valence-corrected chi connectivity index (χ2v) is 6.65. The van der Waals surface area contributed by atoms with Gasteiger partial charge in [-0.3, -0.25) is 4.79 Å². The van der Waals surface area contributed by atoms with E-state index in [0.29, 0.717) is 17.6 Å². The summed E-state index contributed by atoms with van der Waals surface area (Å²) in [7, 11) is 0. The summed E-state index contributed by atoms with van der Waals surface area (Å²) in [5.74, 6) is 0.856. The Labute approximate surface area is 127 Å². The second kappa shape index (κ2) is 6.08. The number of hydrogen-bond acceptors (Lipinski definition) is 2. The first kappa shape index (κ1) is 14.4. The van der Waals surface area contributed by atoms with Crippen molar-refractivity contribution in [3.8, 4) is 0 Å². The number of nitrogens with two attached hydrogens (primary N) is 1. The van der Waals surface area contributed by atoms with Crippen molar-refractivity contribution in [2.45, 2.75) is 57.9 Å². The van der Waals surface area contributed by atoms with Crippen LogP contribution in [0.1, 0.15) is 60.9 Å². The molecule has 1 saturated carbocycles. The number of carbonyl (C=O) groups is 1. The first-order chi connectivity index (χ1) is 10.2. The third-order valence-corrected chi connectivity index (χ3v) is 5.27. The van der Waals surface area contributed by atoms with E-state index in [4.69, 9.17) is 5.73 Å². The molecule has 1 aromatic carbocycles. The number of carbonyl (C=O) groups excluding carboxylic acids is 1. The van der Waals surface area contributed by atoms with Crippen LogP contribution in [-0.2, 0) is 0 Å². The number of nitrogen functional groups attached to an aromatic ring is 1. The van der Waals surface area contributed by atoms with Crippen molar-refractivity contribution in [3.63, 3.8) is 0 Å². The van der Waals surface area contributed by atoms with E-state index < -0.39 is 0 Å². The summed E-state index contributed by atoms with van der Waals surface area (Å²) < 4.78 is 0. The predicted molar refractivity (Wildman–Crippen MR) is 86.2 cm³/mol. The molecule has 3 rings (SSSR count). The highest BCUT2D eigenvalue weighted by Crippen LogP contribution is 2.35. The van der Waals surface area contributed by atoms with Crippen LogP contribution in [0.25, 0.3) is 0 Å². The summed E-state index contributed by atoms with van der Waals surface area (Å²) in [4.78, 5) is 15.1. The van der Waals surface area contributed by atoms with E-state index in [2.05, 4.69) is 4.90 Å². The van der Waals surface area contributed by atoms with Gasteiger partial charge in [0.1, 0.15) is 0 Å². The van der Waals surface area contributed by atoms with E-state index in [0.717, 1.165) is 24.1 Å². The molecule has 3 nitrogen and oxygen atoms in total. The Morgan fingerprint density at radius 2 is 1.90 bits per heavy atom. The molecule has 0 aromatic heterocycles. The van der Waals surface area contributed by atoms with Gasteiger partial charge in [0.2, 0.25) is 0 Å². The van der Waals surface area contributed by atoms with Crippen LogP contribution in [0.3, 0.4) is 0 Å². The molecule has 1 amide bonds. The summed E-state index contributed by atoms with van der Waals surface area (Å²) in [6.07, 6.45) is 8.91. The van der Waals surface area contributed by atoms with Crippen molar-refractivity contribution >= 4 is 11.6 Å². The second-order valence-electron chi connectivity index (χ2n) is 6.65. The predicted octanol–water partition coefficient (Wildman–Crippen LogP) is 3.76. The largest absolute Gasteiger partial charge is 0.398 e. The maximum absolute atomic E-state index is 13.0. The normalized spacial score (nSPS) is 23.5. The molecule has 1 saturated heterocycles. The highest BCUT2D eigenvalue weighted by atomic mass is 16.2. The Bertz CT molecular complexity index is 500. The minimum absolute atomic E-state index is 0.152. The first-order valence-corrected chi connectivity index (χ1v) is 8.34. The van der Waals surface area contributed by atoms with E-state index in [1.807, 2.05) is 25.1 Å². The number of hydrogen-bond donors (Lipinski definition) is 1. The van der Waals surface area contributed by atoms with Gasteiger partial charge < -0.3 is 10.6 Å². The molecule has 1 unspecified atom stereocenters. The molecule has 2 N–H and O–H groups in total. The van der Waals surface area contributed by atoms with Crippen molar-refractivity contribution in [1.82, 2.24) is 4.90 Å². The number of rotatable bonds is 2. The van der Waals surface area contributed by atoms with E-state index in [1.54, 1.807) is 0 Å². The van der Waals surface area contributed by atoms with Crippen molar-refractivity contribution in [1.29, 1.82) is 0 Å². The molecule has 2 fully saturated rings. The summed E-state index contributed by atoms with van der Waals surface area (Å²) in [5, 5.41) is 0. The monoisotopic (exact) mass is 286 g/mol. The van der Waals surface area contributed by atoms with Crippen LogP contribution in [0.2, 0.25) is 0 Å². The maximum Gasteiger partial charge on any atom is 0.256 e. The molecule has 21 heavy (non-hydrogen) atoms. The number of amides is 1. The van der Waals surface area contributed by atoms with Crippen LogP contribution in [0, 0.1) is 12.8 Å². The molecule has 1 aliphatic heterocycles. The fraction of sp³-hybridized carbons (Fsp3) is 0.611. The Balaban J connectivity index is 1.83. The lowest BCUT2D eigenvalue weighted by atomic mass is 9.83. The number of aryl methyl sites for hydroxylation is 1. The first-order valence-electron chi connectivity index (χ1n) is 8.34. The summed E-state index contributed by atoms with van der Waals surface area (Å²) in [5.41, 5.74) is 8.40. The van der Waals surface area contributed by atoms with Gasteiger partial charge >= 0.3 is 0 Å². The number of anilines is 1. The lowest BCUT2D eigenvalue weighted by molar-refractivity contribution is 0.0662. The molecule has 0 radical (unpaired) electrons. The van der Waals surface area contributed by atoms with Crippen molar-refractivity contribution < 1.29 is 4.79 Å². The van der Waals surface area contributed by atoms with Crippen LogP contribution in [-0.4, -0.2) is 23.4 Å². The Kier molecular flexibility index (Phi) is 4.18. The zero-order valence-electron chi connectivity index (χ0n) is 13.0. The zero-order valence-corrected chi connectivity index (χ0v) is 13.0. The lowest BCUT2D eigenvalue weighted by Gasteiger charge is -2.34. The van der Waals surface area contributed by atoms with Crippen LogP contribution < -0.4 is 5.73 Å². The van der Waals surface area contributed by atoms with Gasteiger partial charge in [-0.05, 0) is 50.2 Å². The molecule has 1 aromatic rings. The molecular weight excluding hydrogens is 260 g/mol. The van der Waals surface area contributed by atoms with Gasteiger partial charge in [-0.15, -0.1) is 0 Å². The van der Waals surface area contributed by atoms with E-state index in [-0.39, 0.29) is 5.91 Å². The van der Waals surface area contributed by atoms with Crippen LogP contribution in [0.15, 0.2) is 18.2 Å². The molecule has 3 heteroatoms. The minimum Gasteiger partial charge on any atom is -0.398 e. The average molecular weight is 286 g/mol. The van der Waals surface area contributed by atoms with Crippen LogP contribution in [0.4, 0.5) is 5.69 Å².